The number of phenolic OH excluding ortho intramolecular Hbond substituents is 1. The van der Waals surface area contributed by atoms with E-state index in [1.807, 2.05) is 43.3 Å². The van der Waals surface area contributed by atoms with Crippen LogP contribution >= 0.6 is 0 Å². The van der Waals surface area contributed by atoms with Crippen molar-refractivity contribution in [3.05, 3.63) is 83.4 Å². The molecule has 0 aliphatic carbocycles. The van der Waals surface area contributed by atoms with Gasteiger partial charge in [0.2, 0.25) is 0 Å². The minimum Gasteiger partial charge on any atom is -0.508 e. The summed E-state index contributed by atoms with van der Waals surface area (Å²) in [5.41, 5.74) is 4.14. The standard InChI is InChI=1S/C17H16O4.C12H16FNO/c1-10-14-7-13(19)4-5-17(14)21-9-15(10)11-2-3-12(8-18)16(20)6-11;13-8-11-9-14(10-11)6-7-15-12-4-2-1-3-5-12/h2-7,18-20H,8-9H2,1H3;1-5,11H,6-10H2. The second-order valence-corrected chi connectivity index (χ2v) is 9.02. The number of aliphatic hydroxyl groups is 1. The Morgan fingerprint density at radius 3 is 2.50 bits per heavy atom. The third-order valence-electron chi connectivity index (χ3n) is 6.47. The third kappa shape index (κ3) is 6.17. The minimum atomic E-state index is -0.197. The fourth-order valence-corrected chi connectivity index (χ4v) is 4.31. The number of para-hydroxylation sites is 1. The molecule has 0 atom stereocenters. The van der Waals surface area contributed by atoms with E-state index >= 15 is 0 Å². The Hall–Kier alpha value is -3.55. The summed E-state index contributed by atoms with van der Waals surface area (Å²) >= 11 is 0. The predicted octanol–water partition coefficient (Wildman–Crippen LogP) is 4.88. The highest BCUT2D eigenvalue weighted by Gasteiger charge is 2.25. The molecule has 2 aliphatic heterocycles. The SMILES string of the molecule is CC1=C(c2ccc(CO)c(O)c2)COc2ccc(O)cc21.FCC1CN(CCOc2ccccc2)C1. The number of benzene rings is 3. The average molecular weight is 494 g/mol. The van der Waals surface area contributed by atoms with Crippen LogP contribution in [0, 0.1) is 5.92 Å². The van der Waals surface area contributed by atoms with E-state index < -0.39 is 0 Å². The number of hydrogen-bond donors (Lipinski definition) is 3. The summed E-state index contributed by atoms with van der Waals surface area (Å²) in [5, 5.41) is 28.6. The van der Waals surface area contributed by atoms with Crippen molar-refractivity contribution in [3.63, 3.8) is 0 Å². The maximum Gasteiger partial charge on any atom is 0.127 e. The predicted molar refractivity (Wildman–Crippen MR) is 138 cm³/mol. The van der Waals surface area contributed by atoms with Gasteiger partial charge < -0.3 is 24.8 Å². The second kappa shape index (κ2) is 11.9. The first kappa shape index (κ1) is 25.5. The number of ether oxygens (including phenoxy) is 2. The Morgan fingerprint density at radius 2 is 1.81 bits per heavy atom. The highest BCUT2D eigenvalue weighted by molar-refractivity contribution is 5.94. The number of likely N-dealkylation sites (tertiary alicyclic amines) is 1. The summed E-state index contributed by atoms with van der Waals surface area (Å²) < 4.78 is 23.4. The molecule has 0 aromatic heterocycles. The first-order chi connectivity index (χ1) is 17.5. The van der Waals surface area contributed by atoms with Crippen LogP contribution < -0.4 is 9.47 Å². The minimum absolute atomic E-state index is 0.0667. The van der Waals surface area contributed by atoms with Crippen LogP contribution in [0.2, 0.25) is 0 Å². The number of rotatable bonds is 7. The Kier molecular flexibility index (Phi) is 8.46. The van der Waals surface area contributed by atoms with Crippen LogP contribution in [0.25, 0.3) is 11.1 Å². The van der Waals surface area contributed by atoms with E-state index in [-0.39, 0.29) is 30.7 Å². The Labute approximate surface area is 210 Å². The van der Waals surface area contributed by atoms with Crippen LogP contribution in [-0.4, -0.2) is 59.7 Å². The molecule has 190 valence electrons. The molecule has 0 radical (unpaired) electrons. The van der Waals surface area contributed by atoms with Crippen LogP contribution in [0.5, 0.6) is 23.0 Å². The van der Waals surface area contributed by atoms with Crippen molar-refractivity contribution >= 4 is 11.1 Å². The lowest BCUT2D eigenvalue weighted by Crippen LogP contribution is -2.49. The van der Waals surface area contributed by atoms with Crippen molar-refractivity contribution in [2.75, 3.05) is 39.5 Å². The first-order valence-corrected chi connectivity index (χ1v) is 12.0. The number of aromatic hydroxyl groups is 2. The van der Waals surface area contributed by atoms with Gasteiger partial charge in [-0.2, -0.15) is 0 Å². The van der Waals surface area contributed by atoms with Crippen molar-refractivity contribution < 1.29 is 29.2 Å². The Morgan fingerprint density at radius 1 is 1.03 bits per heavy atom. The molecule has 3 aromatic rings. The Balaban J connectivity index is 0.000000179. The number of phenols is 2. The van der Waals surface area contributed by atoms with Crippen molar-refractivity contribution in [2.24, 2.45) is 5.92 Å². The number of allylic oxidation sites excluding steroid dienone is 1. The number of halogens is 1. The number of fused-ring (bicyclic) bond motifs is 1. The summed E-state index contributed by atoms with van der Waals surface area (Å²) in [5.74, 6) is 2.17. The topological polar surface area (TPSA) is 82.4 Å². The monoisotopic (exact) mass is 493 g/mol. The van der Waals surface area contributed by atoms with Crippen molar-refractivity contribution in [2.45, 2.75) is 13.5 Å². The molecule has 36 heavy (non-hydrogen) atoms. The van der Waals surface area contributed by atoms with E-state index in [0.717, 1.165) is 53.4 Å². The van der Waals surface area contributed by atoms with Gasteiger partial charge in [0.25, 0.3) is 0 Å². The molecule has 0 unspecified atom stereocenters. The zero-order valence-electron chi connectivity index (χ0n) is 20.4. The van der Waals surface area contributed by atoms with E-state index in [1.54, 1.807) is 30.3 Å². The van der Waals surface area contributed by atoms with Crippen LogP contribution in [0.1, 0.15) is 23.6 Å². The number of aliphatic hydroxyl groups excluding tert-OH is 1. The Bertz CT molecular complexity index is 1190. The average Bonchev–Trinajstić information content (AvgIpc) is 2.87. The maximum absolute atomic E-state index is 12.1. The maximum atomic E-state index is 12.1. The fourth-order valence-electron chi connectivity index (χ4n) is 4.31. The molecule has 2 heterocycles. The van der Waals surface area contributed by atoms with Gasteiger partial charge in [-0.05, 0) is 54.5 Å². The van der Waals surface area contributed by atoms with Gasteiger partial charge in [0.15, 0.2) is 0 Å². The number of hydrogen-bond acceptors (Lipinski definition) is 6. The van der Waals surface area contributed by atoms with Gasteiger partial charge in [-0.25, -0.2) is 0 Å². The lowest BCUT2D eigenvalue weighted by Gasteiger charge is -2.37. The molecule has 3 aromatic carbocycles. The number of alkyl halides is 1. The van der Waals surface area contributed by atoms with Gasteiger partial charge in [-0.15, -0.1) is 0 Å². The second-order valence-electron chi connectivity index (χ2n) is 9.02. The molecule has 6 nitrogen and oxygen atoms in total. The van der Waals surface area contributed by atoms with Crippen LogP contribution in [0.4, 0.5) is 4.39 Å². The lowest BCUT2D eigenvalue weighted by atomic mass is 9.93. The highest BCUT2D eigenvalue weighted by atomic mass is 19.1. The normalized spacial score (nSPS) is 15.3. The van der Waals surface area contributed by atoms with Gasteiger partial charge in [0.1, 0.15) is 36.2 Å². The smallest absolute Gasteiger partial charge is 0.127 e. The summed E-state index contributed by atoms with van der Waals surface area (Å²) in [7, 11) is 0. The van der Waals surface area contributed by atoms with E-state index in [1.165, 1.54) is 0 Å². The molecular formula is C29H32FNO5. The molecular weight excluding hydrogens is 461 g/mol. The van der Waals surface area contributed by atoms with Gasteiger partial charge in [0, 0.05) is 42.3 Å². The third-order valence-corrected chi connectivity index (χ3v) is 6.47. The summed E-state index contributed by atoms with van der Waals surface area (Å²) in [6.45, 7) is 5.33. The van der Waals surface area contributed by atoms with Gasteiger partial charge >= 0.3 is 0 Å². The molecule has 2 aliphatic rings. The summed E-state index contributed by atoms with van der Waals surface area (Å²) in [4.78, 5) is 2.22. The van der Waals surface area contributed by atoms with Crippen molar-refractivity contribution in [3.8, 4) is 23.0 Å². The zero-order valence-corrected chi connectivity index (χ0v) is 20.4. The lowest BCUT2D eigenvalue weighted by molar-refractivity contribution is 0.0668. The van der Waals surface area contributed by atoms with Crippen molar-refractivity contribution in [1.29, 1.82) is 0 Å². The summed E-state index contributed by atoms with van der Waals surface area (Å²) in [6.07, 6.45) is 0. The molecule has 0 spiro atoms. The highest BCUT2D eigenvalue weighted by Crippen LogP contribution is 2.39. The molecule has 1 fully saturated rings. The van der Waals surface area contributed by atoms with Gasteiger partial charge in [0.05, 0.1) is 13.3 Å². The summed E-state index contributed by atoms with van der Waals surface area (Å²) in [6, 6.07) is 20.0. The largest absolute Gasteiger partial charge is 0.508 e. The fraction of sp³-hybridized carbons (Fsp3) is 0.310. The molecule has 0 amide bonds. The molecule has 3 N–H and O–H groups in total. The molecule has 7 heteroatoms. The quantitative estimate of drug-likeness (QED) is 0.435. The van der Waals surface area contributed by atoms with Gasteiger partial charge in [-0.3, -0.25) is 9.29 Å². The van der Waals surface area contributed by atoms with E-state index in [4.69, 9.17) is 14.6 Å². The van der Waals surface area contributed by atoms with Crippen molar-refractivity contribution in [1.82, 2.24) is 4.90 Å². The van der Waals surface area contributed by atoms with E-state index in [9.17, 15) is 14.6 Å². The zero-order chi connectivity index (χ0) is 25.5. The first-order valence-electron chi connectivity index (χ1n) is 12.0. The molecule has 1 saturated heterocycles. The molecule has 0 bridgehead atoms. The van der Waals surface area contributed by atoms with Crippen LogP contribution in [0.3, 0.4) is 0 Å². The van der Waals surface area contributed by atoms with Crippen LogP contribution in [0.15, 0.2) is 66.7 Å². The molecule has 0 saturated carbocycles. The number of nitrogens with zero attached hydrogens (tertiary/aromatic N) is 1. The van der Waals surface area contributed by atoms with Gasteiger partial charge in [-0.1, -0.05) is 30.3 Å². The molecule has 5 rings (SSSR count). The van der Waals surface area contributed by atoms with Crippen LogP contribution in [-0.2, 0) is 6.61 Å². The van der Waals surface area contributed by atoms with E-state index in [2.05, 4.69) is 4.90 Å². The van der Waals surface area contributed by atoms with E-state index in [0.29, 0.717) is 18.8 Å².